The predicted molar refractivity (Wildman–Crippen MR) is 57.4 cm³/mol. The smallest absolute Gasteiger partial charge is 0.208 e. The Hall–Kier alpha value is -0.460. The van der Waals surface area contributed by atoms with Crippen molar-refractivity contribution in [1.29, 1.82) is 0 Å². The molecule has 0 heterocycles. The highest BCUT2D eigenvalue weighted by molar-refractivity contribution is 9.10. The first-order valence-corrected chi connectivity index (χ1v) is 6.74. The van der Waals surface area contributed by atoms with Crippen LogP contribution in [-0.2, 0) is 10.0 Å². The molecule has 0 radical (unpaired) electrons. The Morgan fingerprint density at radius 2 is 2.07 bits per heavy atom. The highest BCUT2D eigenvalue weighted by Crippen LogP contribution is 2.26. The van der Waals surface area contributed by atoms with Crippen LogP contribution >= 0.6 is 15.9 Å². The van der Waals surface area contributed by atoms with Crippen LogP contribution in [0.1, 0.15) is 12.8 Å². The first kappa shape index (κ1) is 11.0. The van der Waals surface area contributed by atoms with Crippen molar-refractivity contribution >= 4 is 26.0 Å². The number of nitrogens with one attached hydrogen (secondary N) is 1. The first-order chi connectivity index (χ1) is 6.99. The second kappa shape index (κ2) is 3.84. The Labute approximate surface area is 95.9 Å². The molecule has 1 fully saturated rings. The molecule has 1 aliphatic carbocycles. The van der Waals surface area contributed by atoms with Crippen LogP contribution in [0.3, 0.4) is 0 Å². The summed E-state index contributed by atoms with van der Waals surface area (Å²) < 4.78 is 39.0. The Morgan fingerprint density at radius 1 is 1.40 bits per heavy atom. The third kappa shape index (κ3) is 2.56. The molecule has 6 heteroatoms. The Bertz CT molecular complexity index is 485. The molecule has 82 valence electrons. The lowest BCUT2D eigenvalue weighted by Gasteiger charge is -2.07. The maximum absolute atomic E-state index is 12.8. The van der Waals surface area contributed by atoms with Crippen LogP contribution < -0.4 is 4.72 Å². The normalized spacial score (nSPS) is 16.7. The molecule has 1 aromatic rings. The van der Waals surface area contributed by atoms with Crippen LogP contribution in [0, 0.1) is 5.82 Å². The van der Waals surface area contributed by atoms with Crippen LogP contribution in [0.15, 0.2) is 27.6 Å². The fraction of sp³-hybridized carbons (Fsp3) is 0.333. The summed E-state index contributed by atoms with van der Waals surface area (Å²) in [6, 6.07) is 3.57. The Kier molecular flexibility index (Phi) is 2.83. The van der Waals surface area contributed by atoms with Gasteiger partial charge in [0, 0.05) is 10.5 Å². The van der Waals surface area contributed by atoms with E-state index in [0.717, 1.165) is 25.0 Å². The highest BCUT2D eigenvalue weighted by atomic mass is 79.9. The molecule has 0 spiro atoms. The summed E-state index contributed by atoms with van der Waals surface area (Å²) in [5.41, 5.74) is 0. The molecule has 0 saturated heterocycles. The zero-order valence-electron chi connectivity index (χ0n) is 7.70. The van der Waals surface area contributed by atoms with Crippen molar-refractivity contribution in [3.63, 3.8) is 0 Å². The largest absolute Gasteiger partial charge is 0.241 e. The van der Waals surface area contributed by atoms with Gasteiger partial charge in [-0.05, 0) is 47.0 Å². The minimum absolute atomic E-state index is 0.0481. The van der Waals surface area contributed by atoms with Crippen LogP contribution in [-0.4, -0.2) is 14.5 Å². The van der Waals surface area contributed by atoms with Crippen molar-refractivity contribution in [3.8, 4) is 0 Å². The van der Waals surface area contributed by atoms with E-state index < -0.39 is 15.8 Å². The van der Waals surface area contributed by atoms with Gasteiger partial charge in [-0.2, -0.15) is 0 Å². The van der Waals surface area contributed by atoms with Gasteiger partial charge in [0.15, 0.2) is 0 Å². The summed E-state index contributed by atoms with van der Waals surface area (Å²) in [6.45, 7) is 0. The summed E-state index contributed by atoms with van der Waals surface area (Å²) in [7, 11) is -3.51. The fourth-order valence-corrected chi connectivity index (χ4v) is 3.53. The molecule has 0 bridgehead atoms. The fourth-order valence-electron chi connectivity index (χ4n) is 1.18. The van der Waals surface area contributed by atoms with Gasteiger partial charge >= 0.3 is 0 Å². The topological polar surface area (TPSA) is 46.2 Å². The molecule has 0 amide bonds. The molecule has 0 aromatic heterocycles. The van der Waals surface area contributed by atoms with Gasteiger partial charge in [-0.1, -0.05) is 0 Å². The monoisotopic (exact) mass is 293 g/mol. The van der Waals surface area contributed by atoms with Gasteiger partial charge in [0.05, 0.1) is 4.90 Å². The van der Waals surface area contributed by atoms with Gasteiger partial charge in [0.25, 0.3) is 0 Å². The third-order valence-corrected chi connectivity index (χ3v) is 4.58. The summed E-state index contributed by atoms with van der Waals surface area (Å²) >= 11 is 3.03. The molecular weight excluding hydrogens is 285 g/mol. The van der Waals surface area contributed by atoms with E-state index in [0.29, 0.717) is 0 Å². The van der Waals surface area contributed by atoms with Crippen molar-refractivity contribution in [2.45, 2.75) is 23.8 Å². The van der Waals surface area contributed by atoms with Crippen molar-refractivity contribution in [3.05, 3.63) is 28.5 Å². The molecule has 0 unspecified atom stereocenters. The molecule has 3 nitrogen and oxygen atoms in total. The molecule has 2 rings (SSSR count). The lowest BCUT2D eigenvalue weighted by molar-refractivity contribution is 0.579. The van der Waals surface area contributed by atoms with Crippen molar-refractivity contribution < 1.29 is 12.8 Å². The minimum Gasteiger partial charge on any atom is -0.208 e. The van der Waals surface area contributed by atoms with E-state index in [1.807, 2.05) is 0 Å². The van der Waals surface area contributed by atoms with E-state index in [2.05, 4.69) is 20.7 Å². The molecular formula is C9H9BrFNO2S. The van der Waals surface area contributed by atoms with Crippen molar-refractivity contribution in [2.24, 2.45) is 0 Å². The third-order valence-electron chi connectivity index (χ3n) is 2.08. The molecule has 15 heavy (non-hydrogen) atoms. The maximum atomic E-state index is 12.8. The van der Waals surface area contributed by atoms with E-state index in [9.17, 15) is 12.8 Å². The Morgan fingerprint density at radius 3 is 2.60 bits per heavy atom. The molecule has 1 saturated carbocycles. The highest BCUT2D eigenvalue weighted by Gasteiger charge is 2.29. The van der Waals surface area contributed by atoms with Gasteiger partial charge < -0.3 is 0 Å². The Balaban J connectivity index is 2.34. The van der Waals surface area contributed by atoms with Gasteiger partial charge in [0.2, 0.25) is 10.0 Å². The van der Waals surface area contributed by atoms with Gasteiger partial charge in [-0.25, -0.2) is 17.5 Å². The van der Waals surface area contributed by atoms with Gasteiger partial charge in [-0.3, -0.25) is 0 Å². The average molecular weight is 294 g/mol. The minimum atomic E-state index is -3.51. The molecule has 0 atom stereocenters. The van der Waals surface area contributed by atoms with E-state index in [1.165, 1.54) is 6.07 Å². The SMILES string of the molecule is O=S(=O)(NC1CC1)c1ccc(F)cc1Br. The number of benzene rings is 1. The zero-order valence-corrected chi connectivity index (χ0v) is 10.1. The van der Waals surface area contributed by atoms with Crippen LogP contribution in [0.5, 0.6) is 0 Å². The number of hydrogen-bond donors (Lipinski definition) is 1. The van der Waals surface area contributed by atoms with E-state index in [4.69, 9.17) is 0 Å². The number of hydrogen-bond acceptors (Lipinski definition) is 2. The summed E-state index contributed by atoms with van der Waals surface area (Å²) in [4.78, 5) is 0.0794. The summed E-state index contributed by atoms with van der Waals surface area (Å²) in [5.74, 6) is -0.466. The molecule has 0 aliphatic heterocycles. The lowest BCUT2D eigenvalue weighted by atomic mass is 10.3. The quantitative estimate of drug-likeness (QED) is 0.927. The number of halogens is 2. The van der Waals surface area contributed by atoms with E-state index >= 15 is 0 Å². The van der Waals surface area contributed by atoms with Crippen molar-refractivity contribution in [1.82, 2.24) is 4.72 Å². The van der Waals surface area contributed by atoms with Crippen LogP contribution in [0.4, 0.5) is 4.39 Å². The molecule has 1 aliphatic rings. The molecule has 1 aromatic carbocycles. The van der Waals surface area contributed by atoms with Crippen molar-refractivity contribution in [2.75, 3.05) is 0 Å². The number of sulfonamides is 1. The van der Waals surface area contributed by atoms with E-state index in [1.54, 1.807) is 0 Å². The van der Waals surface area contributed by atoms with E-state index in [-0.39, 0.29) is 15.4 Å². The standard InChI is InChI=1S/C9H9BrFNO2S/c10-8-5-6(11)1-4-9(8)15(13,14)12-7-2-3-7/h1,4-5,7,12H,2-3H2. The summed E-state index contributed by atoms with van der Waals surface area (Å²) in [5, 5.41) is 0. The second-order valence-electron chi connectivity index (χ2n) is 3.47. The zero-order chi connectivity index (χ0) is 11.1. The summed E-state index contributed by atoms with van der Waals surface area (Å²) in [6.07, 6.45) is 1.75. The van der Waals surface area contributed by atoms with Crippen LogP contribution in [0.2, 0.25) is 0 Å². The maximum Gasteiger partial charge on any atom is 0.241 e. The van der Waals surface area contributed by atoms with Crippen LogP contribution in [0.25, 0.3) is 0 Å². The lowest BCUT2D eigenvalue weighted by Crippen LogP contribution is -2.26. The first-order valence-electron chi connectivity index (χ1n) is 4.46. The molecule has 1 N–H and O–H groups in total. The van der Waals surface area contributed by atoms with Gasteiger partial charge in [0.1, 0.15) is 5.82 Å². The predicted octanol–water partition coefficient (Wildman–Crippen LogP) is 2.03. The second-order valence-corrected chi connectivity index (χ2v) is 6.01. The van der Waals surface area contributed by atoms with Gasteiger partial charge in [-0.15, -0.1) is 0 Å². The average Bonchev–Trinajstić information content (AvgIpc) is 2.86. The number of rotatable bonds is 3.